The Bertz CT molecular complexity index is 130. The van der Waals surface area contributed by atoms with Crippen LogP contribution in [0.25, 0.3) is 0 Å². The second-order valence-corrected chi connectivity index (χ2v) is 4.48. The molecule has 1 aliphatic rings. The SMILES string of the molecule is CC(O)CC(CN)C1CCCCC1. The molecule has 0 spiro atoms. The van der Waals surface area contributed by atoms with E-state index in [-0.39, 0.29) is 6.10 Å². The molecule has 0 amide bonds. The first-order chi connectivity index (χ1) is 6.24. The van der Waals surface area contributed by atoms with Gasteiger partial charge in [-0.2, -0.15) is 0 Å². The van der Waals surface area contributed by atoms with Crippen molar-refractivity contribution in [1.82, 2.24) is 0 Å². The highest BCUT2D eigenvalue weighted by Gasteiger charge is 2.23. The number of hydrogen-bond donors (Lipinski definition) is 2. The maximum absolute atomic E-state index is 9.33. The maximum atomic E-state index is 9.33. The van der Waals surface area contributed by atoms with Crippen LogP contribution in [0.2, 0.25) is 0 Å². The summed E-state index contributed by atoms with van der Waals surface area (Å²) in [6.07, 6.45) is 7.48. The van der Waals surface area contributed by atoms with Crippen LogP contribution in [0, 0.1) is 11.8 Å². The van der Waals surface area contributed by atoms with Crippen molar-refractivity contribution in [3.63, 3.8) is 0 Å². The smallest absolute Gasteiger partial charge is 0.0515 e. The second-order valence-electron chi connectivity index (χ2n) is 4.48. The molecule has 0 aromatic rings. The molecular weight excluding hydrogens is 162 g/mol. The molecule has 0 saturated heterocycles. The van der Waals surface area contributed by atoms with E-state index in [1.54, 1.807) is 0 Å². The van der Waals surface area contributed by atoms with Gasteiger partial charge in [0.05, 0.1) is 6.10 Å². The molecule has 2 unspecified atom stereocenters. The molecule has 1 rings (SSSR count). The van der Waals surface area contributed by atoms with Crippen LogP contribution in [0.15, 0.2) is 0 Å². The predicted octanol–water partition coefficient (Wildman–Crippen LogP) is 1.91. The van der Waals surface area contributed by atoms with Crippen LogP contribution >= 0.6 is 0 Å². The number of hydrogen-bond acceptors (Lipinski definition) is 2. The van der Waals surface area contributed by atoms with E-state index in [0.29, 0.717) is 5.92 Å². The van der Waals surface area contributed by atoms with Crippen LogP contribution in [0.5, 0.6) is 0 Å². The molecule has 0 aromatic heterocycles. The fourth-order valence-corrected chi connectivity index (χ4v) is 2.52. The highest BCUT2D eigenvalue weighted by molar-refractivity contribution is 4.76. The van der Waals surface area contributed by atoms with E-state index in [0.717, 1.165) is 18.9 Å². The van der Waals surface area contributed by atoms with Crippen LogP contribution in [0.1, 0.15) is 45.4 Å². The van der Waals surface area contributed by atoms with Crippen molar-refractivity contribution in [2.24, 2.45) is 17.6 Å². The molecule has 0 radical (unpaired) electrons. The van der Waals surface area contributed by atoms with Crippen LogP contribution in [0.4, 0.5) is 0 Å². The third-order valence-electron chi connectivity index (χ3n) is 3.26. The molecule has 2 atom stereocenters. The van der Waals surface area contributed by atoms with Gasteiger partial charge in [0, 0.05) is 0 Å². The molecule has 13 heavy (non-hydrogen) atoms. The zero-order valence-corrected chi connectivity index (χ0v) is 8.71. The molecule has 1 aliphatic carbocycles. The van der Waals surface area contributed by atoms with Crippen LogP contribution in [0.3, 0.4) is 0 Å². The summed E-state index contributed by atoms with van der Waals surface area (Å²) in [7, 11) is 0. The van der Waals surface area contributed by atoms with Crippen LogP contribution < -0.4 is 5.73 Å². The first-order valence-corrected chi connectivity index (χ1v) is 5.62. The predicted molar refractivity (Wildman–Crippen MR) is 55.4 cm³/mol. The van der Waals surface area contributed by atoms with Crippen molar-refractivity contribution in [2.45, 2.75) is 51.6 Å². The summed E-state index contributed by atoms with van der Waals surface area (Å²) >= 11 is 0. The van der Waals surface area contributed by atoms with Crippen molar-refractivity contribution < 1.29 is 5.11 Å². The van der Waals surface area contributed by atoms with E-state index in [4.69, 9.17) is 5.73 Å². The third-order valence-corrected chi connectivity index (χ3v) is 3.26. The van der Waals surface area contributed by atoms with Crippen molar-refractivity contribution in [3.8, 4) is 0 Å². The Hall–Kier alpha value is -0.0800. The standard InChI is InChI=1S/C11H23NO/c1-9(13)7-11(8-12)10-5-3-2-4-6-10/h9-11,13H,2-8,12H2,1H3. The van der Waals surface area contributed by atoms with E-state index < -0.39 is 0 Å². The Morgan fingerprint density at radius 1 is 1.31 bits per heavy atom. The van der Waals surface area contributed by atoms with Gasteiger partial charge in [0.15, 0.2) is 0 Å². The van der Waals surface area contributed by atoms with Gasteiger partial charge in [0.25, 0.3) is 0 Å². The summed E-state index contributed by atoms with van der Waals surface area (Å²) in [5.41, 5.74) is 5.74. The first-order valence-electron chi connectivity index (χ1n) is 5.62. The molecular formula is C11H23NO. The van der Waals surface area contributed by atoms with Gasteiger partial charge in [-0.15, -0.1) is 0 Å². The minimum absolute atomic E-state index is 0.185. The van der Waals surface area contributed by atoms with Gasteiger partial charge in [-0.1, -0.05) is 32.1 Å². The largest absolute Gasteiger partial charge is 0.393 e. The van der Waals surface area contributed by atoms with Gasteiger partial charge in [0.2, 0.25) is 0 Å². The molecule has 1 fully saturated rings. The Morgan fingerprint density at radius 2 is 1.92 bits per heavy atom. The second kappa shape index (κ2) is 5.61. The van der Waals surface area contributed by atoms with E-state index in [1.165, 1.54) is 32.1 Å². The summed E-state index contributed by atoms with van der Waals surface area (Å²) in [6.45, 7) is 2.61. The van der Waals surface area contributed by atoms with Crippen molar-refractivity contribution >= 4 is 0 Å². The van der Waals surface area contributed by atoms with Gasteiger partial charge in [-0.3, -0.25) is 0 Å². The van der Waals surface area contributed by atoms with E-state index in [1.807, 2.05) is 6.92 Å². The van der Waals surface area contributed by atoms with Gasteiger partial charge in [-0.05, 0) is 31.7 Å². The molecule has 0 bridgehead atoms. The third kappa shape index (κ3) is 3.65. The molecule has 0 aliphatic heterocycles. The lowest BCUT2D eigenvalue weighted by Gasteiger charge is -2.30. The van der Waals surface area contributed by atoms with Crippen LogP contribution in [-0.4, -0.2) is 17.8 Å². The average molecular weight is 185 g/mol. The summed E-state index contributed by atoms with van der Waals surface area (Å²) in [4.78, 5) is 0. The van der Waals surface area contributed by atoms with Crippen molar-refractivity contribution in [1.29, 1.82) is 0 Å². The number of rotatable bonds is 4. The highest BCUT2D eigenvalue weighted by atomic mass is 16.3. The zero-order valence-electron chi connectivity index (χ0n) is 8.71. The normalized spacial score (nSPS) is 24.2. The van der Waals surface area contributed by atoms with Gasteiger partial charge >= 0.3 is 0 Å². The molecule has 78 valence electrons. The number of nitrogens with two attached hydrogens (primary N) is 1. The van der Waals surface area contributed by atoms with E-state index in [9.17, 15) is 5.11 Å². The van der Waals surface area contributed by atoms with Crippen molar-refractivity contribution in [2.75, 3.05) is 6.54 Å². The fourth-order valence-electron chi connectivity index (χ4n) is 2.52. The molecule has 0 aromatic carbocycles. The average Bonchev–Trinajstić information content (AvgIpc) is 2.15. The topological polar surface area (TPSA) is 46.2 Å². The summed E-state index contributed by atoms with van der Waals surface area (Å²) < 4.78 is 0. The summed E-state index contributed by atoms with van der Waals surface area (Å²) in [6, 6.07) is 0. The maximum Gasteiger partial charge on any atom is 0.0515 e. The molecule has 2 heteroatoms. The van der Waals surface area contributed by atoms with E-state index in [2.05, 4.69) is 0 Å². The van der Waals surface area contributed by atoms with Gasteiger partial charge in [0.1, 0.15) is 0 Å². The minimum atomic E-state index is -0.185. The van der Waals surface area contributed by atoms with E-state index >= 15 is 0 Å². The Labute approximate surface area is 81.5 Å². The molecule has 3 N–H and O–H groups in total. The lowest BCUT2D eigenvalue weighted by Crippen LogP contribution is -2.28. The Kier molecular flexibility index (Phi) is 4.74. The summed E-state index contributed by atoms with van der Waals surface area (Å²) in [5, 5.41) is 9.33. The quantitative estimate of drug-likeness (QED) is 0.703. The Balaban J connectivity index is 2.34. The van der Waals surface area contributed by atoms with Crippen molar-refractivity contribution in [3.05, 3.63) is 0 Å². The first kappa shape index (κ1) is 11.0. The number of aliphatic hydroxyl groups excluding tert-OH is 1. The van der Waals surface area contributed by atoms with Gasteiger partial charge < -0.3 is 10.8 Å². The molecule has 2 nitrogen and oxygen atoms in total. The molecule has 1 saturated carbocycles. The number of aliphatic hydroxyl groups is 1. The van der Waals surface area contributed by atoms with Gasteiger partial charge in [-0.25, -0.2) is 0 Å². The summed E-state index contributed by atoms with van der Waals surface area (Å²) in [5.74, 6) is 1.34. The molecule has 0 heterocycles. The van der Waals surface area contributed by atoms with Crippen LogP contribution in [-0.2, 0) is 0 Å². The highest BCUT2D eigenvalue weighted by Crippen LogP contribution is 2.31. The zero-order chi connectivity index (χ0) is 9.68. The Morgan fingerprint density at radius 3 is 2.38 bits per heavy atom. The fraction of sp³-hybridized carbons (Fsp3) is 1.00. The minimum Gasteiger partial charge on any atom is -0.393 e. The lowest BCUT2D eigenvalue weighted by atomic mass is 9.78. The lowest BCUT2D eigenvalue weighted by molar-refractivity contribution is 0.129. The monoisotopic (exact) mass is 185 g/mol.